The standard InChI is InChI=1S/C35H54O3/c1-22(2)7-6-8-23(3)28-15-16-29-26-13-14-30-27(21-24-9-11-25(12-10-24)33(37)38)32(36)18-20-35(30,5)31(26)17-19-34(28,29)4/h9-12,22-23,26-32,36H,6-8,13-21H2,1-5H3,(H,37,38)/t23-,26+,27+,28-,29+,30+,31+,32-,34-,35+/m1/s1. The van der Waals surface area contributed by atoms with Crippen molar-refractivity contribution in [2.75, 3.05) is 0 Å². The Morgan fingerprint density at radius 1 is 0.868 bits per heavy atom. The quantitative estimate of drug-likeness (QED) is 0.359. The summed E-state index contributed by atoms with van der Waals surface area (Å²) in [6.07, 6.45) is 15.2. The van der Waals surface area contributed by atoms with E-state index >= 15 is 0 Å². The van der Waals surface area contributed by atoms with Crippen molar-refractivity contribution < 1.29 is 15.0 Å². The summed E-state index contributed by atoms with van der Waals surface area (Å²) in [4.78, 5) is 11.3. The van der Waals surface area contributed by atoms with Gasteiger partial charge in [-0.2, -0.15) is 0 Å². The van der Waals surface area contributed by atoms with E-state index in [9.17, 15) is 15.0 Å². The van der Waals surface area contributed by atoms with Crippen LogP contribution in [0.25, 0.3) is 0 Å². The second-order valence-electron chi connectivity index (χ2n) is 15.1. The molecular formula is C35H54O3. The minimum Gasteiger partial charge on any atom is -0.478 e. The molecule has 0 saturated heterocycles. The molecule has 0 aliphatic heterocycles. The van der Waals surface area contributed by atoms with Crippen LogP contribution in [-0.4, -0.2) is 22.3 Å². The second kappa shape index (κ2) is 10.9. The molecule has 0 bridgehead atoms. The molecule has 3 heteroatoms. The van der Waals surface area contributed by atoms with Gasteiger partial charge >= 0.3 is 5.97 Å². The van der Waals surface area contributed by atoms with E-state index in [0.29, 0.717) is 22.3 Å². The van der Waals surface area contributed by atoms with E-state index in [-0.39, 0.29) is 12.0 Å². The number of hydrogen-bond acceptors (Lipinski definition) is 2. The summed E-state index contributed by atoms with van der Waals surface area (Å²) in [6.45, 7) is 12.6. The maximum absolute atomic E-state index is 11.3. The molecule has 0 heterocycles. The number of fused-ring (bicyclic) bond motifs is 5. The summed E-state index contributed by atoms with van der Waals surface area (Å²) in [5.74, 6) is 5.14. The molecule has 1 aromatic rings. The van der Waals surface area contributed by atoms with Crippen LogP contribution in [0.3, 0.4) is 0 Å². The van der Waals surface area contributed by atoms with E-state index in [1.165, 1.54) is 69.8 Å². The van der Waals surface area contributed by atoms with E-state index < -0.39 is 5.97 Å². The van der Waals surface area contributed by atoms with Gasteiger partial charge in [-0.3, -0.25) is 0 Å². The van der Waals surface area contributed by atoms with E-state index in [1.807, 2.05) is 12.1 Å². The number of benzene rings is 1. The van der Waals surface area contributed by atoms with Crippen LogP contribution in [0, 0.1) is 58.2 Å². The molecule has 3 nitrogen and oxygen atoms in total. The molecule has 38 heavy (non-hydrogen) atoms. The lowest BCUT2D eigenvalue weighted by Crippen LogP contribution is -2.57. The fraction of sp³-hybridized carbons (Fsp3) is 0.800. The van der Waals surface area contributed by atoms with Gasteiger partial charge in [0.05, 0.1) is 11.7 Å². The SMILES string of the molecule is CC(C)CCC[C@@H](C)[C@H]1CC[C@H]2[C@@H]3CC[C@H]4[C@H](Cc5ccc(C(=O)O)cc5)[C@H](O)CC[C@]4(C)[C@H]3CC[C@]12C. The Labute approximate surface area is 232 Å². The average molecular weight is 523 g/mol. The van der Waals surface area contributed by atoms with Gasteiger partial charge in [0, 0.05) is 0 Å². The fourth-order valence-electron chi connectivity index (χ4n) is 10.9. The Hall–Kier alpha value is -1.35. The molecule has 2 N–H and O–H groups in total. The van der Waals surface area contributed by atoms with E-state index in [1.54, 1.807) is 12.1 Å². The molecule has 0 amide bonds. The molecule has 4 aliphatic rings. The molecule has 0 unspecified atom stereocenters. The zero-order valence-electron chi connectivity index (χ0n) is 24.8. The summed E-state index contributed by atoms with van der Waals surface area (Å²) < 4.78 is 0. The van der Waals surface area contributed by atoms with Gasteiger partial charge in [-0.25, -0.2) is 4.79 Å². The Morgan fingerprint density at radius 3 is 2.21 bits per heavy atom. The van der Waals surface area contributed by atoms with E-state index in [0.717, 1.165) is 48.3 Å². The topological polar surface area (TPSA) is 57.5 Å². The van der Waals surface area contributed by atoms with E-state index in [4.69, 9.17) is 0 Å². The lowest BCUT2D eigenvalue weighted by molar-refractivity contribution is -0.152. The molecule has 4 aliphatic carbocycles. The maximum atomic E-state index is 11.3. The van der Waals surface area contributed by atoms with Gasteiger partial charge in [0.25, 0.3) is 0 Å². The summed E-state index contributed by atoms with van der Waals surface area (Å²) >= 11 is 0. The van der Waals surface area contributed by atoms with Gasteiger partial charge in [-0.15, -0.1) is 0 Å². The Kier molecular flexibility index (Phi) is 8.09. The average Bonchev–Trinajstić information content (AvgIpc) is 3.23. The first-order chi connectivity index (χ1) is 18.0. The van der Waals surface area contributed by atoms with Crippen LogP contribution >= 0.6 is 0 Å². The highest BCUT2D eigenvalue weighted by Gasteiger charge is 2.61. The predicted molar refractivity (Wildman–Crippen MR) is 155 cm³/mol. The molecule has 0 aromatic heterocycles. The minimum atomic E-state index is -0.872. The normalized spacial score (nSPS) is 41.3. The zero-order valence-corrected chi connectivity index (χ0v) is 24.8. The Morgan fingerprint density at radius 2 is 1.53 bits per heavy atom. The number of carboxylic acids is 1. The number of aliphatic hydroxyl groups is 1. The van der Waals surface area contributed by atoms with Crippen molar-refractivity contribution in [3.63, 3.8) is 0 Å². The molecule has 0 radical (unpaired) electrons. The van der Waals surface area contributed by atoms with Crippen molar-refractivity contribution in [1.29, 1.82) is 0 Å². The van der Waals surface area contributed by atoms with Gasteiger partial charge in [-0.05, 0) is 134 Å². The van der Waals surface area contributed by atoms with Gasteiger partial charge in [0.2, 0.25) is 0 Å². The molecule has 4 saturated carbocycles. The third-order valence-corrected chi connectivity index (χ3v) is 12.8. The molecule has 5 rings (SSSR count). The highest BCUT2D eigenvalue weighted by molar-refractivity contribution is 5.87. The van der Waals surface area contributed by atoms with Crippen LogP contribution in [0.5, 0.6) is 0 Å². The van der Waals surface area contributed by atoms with Gasteiger partial charge in [0.15, 0.2) is 0 Å². The number of aliphatic hydroxyl groups excluding tert-OH is 1. The third kappa shape index (κ3) is 4.99. The lowest BCUT2D eigenvalue weighted by Gasteiger charge is -2.63. The number of carboxylic acid groups (broad SMARTS) is 1. The van der Waals surface area contributed by atoms with Crippen molar-refractivity contribution in [2.45, 2.75) is 118 Å². The Bertz CT molecular complexity index is 968. The third-order valence-electron chi connectivity index (χ3n) is 12.8. The van der Waals surface area contributed by atoms with Crippen molar-refractivity contribution in [3.8, 4) is 0 Å². The first-order valence-corrected chi connectivity index (χ1v) is 16.0. The van der Waals surface area contributed by atoms with Crippen LogP contribution in [0.2, 0.25) is 0 Å². The number of aromatic carboxylic acids is 1. The highest BCUT2D eigenvalue weighted by Crippen LogP contribution is 2.69. The van der Waals surface area contributed by atoms with Gasteiger partial charge < -0.3 is 10.2 Å². The summed E-state index contributed by atoms with van der Waals surface area (Å²) in [6, 6.07) is 7.40. The molecule has 4 fully saturated rings. The highest BCUT2D eigenvalue weighted by atomic mass is 16.4. The maximum Gasteiger partial charge on any atom is 0.335 e. The predicted octanol–water partition coefficient (Wildman–Crippen LogP) is 8.64. The number of rotatable bonds is 8. The van der Waals surface area contributed by atoms with Crippen molar-refractivity contribution in [2.24, 2.45) is 58.2 Å². The van der Waals surface area contributed by atoms with Crippen molar-refractivity contribution in [3.05, 3.63) is 35.4 Å². The van der Waals surface area contributed by atoms with Gasteiger partial charge in [-0.1, -0.05) is 66.0 Å². The number of carbonyl (C=O) groups is 1. The second-order valence-corrected chi connectivity index (χ2v) is 15.1. The first-order valence-electron chi connectivity index (χ1n) is 16.0. The minimum absolute atomic E-state index is 0.236. The van der Waals surface area contributed by atoms with E-state index in [2.05, 4.69) is 34.6 Å². The number of hydrogen-bond donors (Lipinski definition) is 2. The summed E-state index contributed by atoms with van der Waals surface area (Å²) in [7, 11) is 0. The van der Waals surface area contributed by atoms with Crippen LogP contribution in [0.1, 0.15) is 121 Å². The van der Waals surface area contributed by atoms with Crippen molar-refractivity contribution in [1.82, 2.24) is 0 Å². The molecular weight excluding hydrogens is 468 g/mol. The first kappa shape index (κ1) is 28.2. The smallest absolute Gasteiger partial charge is 0.335 e. The molecule has 0 spiro atoms. The van der Waals surface area contributed by atoms with Crippen LogP contribution in [0.15, 0.2) is 24.3 Å². The van der Waals surface area contributed by atoms with Gasteiger partial charge in [0.1, 0.15) is 0 Å². The lowest BCUT2D eigenvalue weighted by atomic mass is 9.42. The van der Waals surface area contributed by atoms with Crippen LogP contribution in [-0.2, 0) is 6.42 Å². The van der Waals surface area contributed by atoms with Crippen LogP contribution < -0.4 is 0 Å². The zero-order chi connectivity index (χ0) is 27.2. The monoisotopic (exact) mass is 522 g/mol. The summed E-state index contributed by atoms with van der Waals surface area (Å²) in [5, 5.41) is 20.5. The molecule has 10 atom stereocenters. The molecule has 212 valence electrons. The van der Waals surface area contributed by atoms with Crippen LogP contribution in [0.4, 0.5) is 0 Å². The fourth-order valence-corrected chi connectivity index (χ4v) is 10.9. The largest absolute Gasteiger partial charge is 0.478 e. The molecule has 1 aromatic carbocycles. The summed E-state index contributed by atoms with van der Waals surface area (Å²) in [5.41, 5.74) is 2.38. The van der Waals surface area contributed by atoms with Crippen molar-refractivity contribution >= 4 is 5.97 Å². The Balaban J connectivity index is 1.30.